The maximum Gasteiger partial charge on any atom is 0.160 e. The predicted molar refractivity (Wildman–Crippen MR) is 519 cm³/mol. The van der Waals surface area contributed by atoms with Gasteiger partial charge in [-0.2, -0.15) is 0 Å². The summed E-state index contributed by atoms with van der Waals surface area (Å²) in [6.45, 7) is 0. The van der Waals surface area contributed by atoms with E-state index in [2.05, 4.69) is 442 Å². The lowest BCUT2D eigenvalue weighted by atomic mass is 9.98. The molecule has 0 saturated heterocycles. The van der Waals surface area contributed by atoms with Crippen LogP contribution in [0.5, 0.6) is 0 Å². The summed E-state index contributed by atoms with van der Waals surface area (Å²) >= 11 is 0. The molecule has 0 spiro atoms. The Labute approximate surface area is 720 Å². The Hall–Kier alpha value is -16.9. The van der Waals surface area contributed by atoms with Gasteiger partial charge in [0.25, 0.3) is 0 Å². The van der Waals surface area contributed by atoms with Crippen molar-refractivity contribution in [3.8, 4) is 118 Å². The highest BCUT2D eigenvalue weighted by molar-refractivity contribution is 6.27. The van der Waals surface area contributed by atoms with Crippen LogP contribution in [0.3, 0.4) is 0 Å². The molecule has 0 bridgehead atoms. The molecule has 7 aromatic heterocycles. The topological polar surface area (TPSA) is 76.2 Å². The molecule has 7 heterocycles. The second-order valence-electron chi connectivity index (χ2n) is 32.0. The molecule has 18 aromatic carbocycles. The summed E-state index contributed by atoms with van der Waals surface area (Å²) in [4.78, 5) is 20.5. The molecule has 0 unspecified atom stereocenters. The van der Waals surface area contributed by atoms with Crippen molar-refractivity contribution in [3.05, 3.63) is 455 Å². The van der Waals surface area contributed by atoms with Crippen molar-refractivity contribution in [2.75, 3.05) is 0 Å². The lowest BCUT2D eigenvalue weighted by Crippen LogP contribution is -2.08. The molecule has 9 heteroatoms. The van der Waals surface area contributed by atoms with E-state index in [9.17, 15) is 0 Å². The quantitative estimate of drug-likeness (QED) is 0.115. The number of benzene rings is 18. The summed E-state index contributed by atoms with van der Waals surface area (Å²) in [7, 11) is 0. The van der Waals surface area contributed by atoms with Crippen LogP contribution >= 0.6 is 0 Å². The first-order valence-electron chi connectivity index (χ1n) is 42.5. The third-order valence-corrected chi connectivity index (χ3v) is 24.8. The van der Waals surface area contributed by atoms with E-state index in [0.717, 1.165) is 84.3 Å². The van der Waals surface area contributed by atoms with Gasteiger partial charge in [-0.15, -0.1) is 0 Å². The van der Waals surface area contributed by atoms with Gasteiger partial charge < -0.3 is 13.7 Å². The van der Waals surface area contributed by atoms with Gasteiger partial charge in [-0.05, 0) is 155 Å². The molecule has 0 saturated carbocycles. The minimum Gasteiger partial charge on any atom is -0.309 e. The van der Waals surface area contributed by atoms with Gasteiger partial charge in [-0.1, -0.05) is 334 Å². The zero-order chi connectivity index (χ0) is 82.4. The number of hydrogen-bond acceptors (Lipinski definition) is 4. The first kappa shape index (κ1) is 72.2. The van der Waals surface area contributed by atoms with Crippen molar-refractivity contribution >= 4 is 109 Å². The van der Waals surface area contributed by atoms with E-state index in [-0.39, 0.29) is 0 Å². The molecule has 0 aliphatic heterocycles. The van der Waals surface area contributed by atoms with E-state index < -0.39 is 0 Å². The van der Waals surface area contributed by atoms with E-state index in [1.165, 1.54) is 131 Å². The SMILES string of the molecule is c1ccc(-c2cc(-c3ccc(-n4c5ccccc5c5cc6c(cc54)c4ccccc4n6-n4c5ccccc5c5ccccc54)cc3)nc(-c3ccccc3)n2)cc1.c1ccc(-c2ccc(-c3cc(-c4ccccc4)nc(-c4ccc(-n5c6ccccc6c6c5ccc5c7ccccc7n(-c7cc(-c8ccccc8)cc(-c8ccccc8)c7)c56)cc4)n3)cc2)cc1. The molecular weight excluding hydrogens is 1520 g/mol. The van der Waals surface area contributed by atoms with Crippen LogP contribution in [0.15, 0.2) is 455 Å². The molecule has 0 amide bonds. The van der Waals surface area contributed by atoms with Crippen LogP contribution in [0, 0.1) is 0 Å². The van der Waals surface area contributed by atoms with Gasteiger partial charge in [0, 0.05) is 104 Å². The fourth-order valence-corrected chi connectivity index (χ4v) is 19.0. The van der Waals surface area contributed by atoms with Crippen molar-refractivity contribution in [2.24, 2.45) is 0 Å². The van der Waals surface area contributed by atoms with Crippen molar-refractivity contribution in [3.63, 3.8) is 0 Å². The van der Waals surface area contributed by atoms with Crippen LogP contribution in [-0.2, 0) is 0 Å². The third kappa shape index (κ3) is 12.5. The van der Waals surface area contributed by atoms with Gasteiger partial charge in [-0.3, -0.25) is 0 Å². The molecule has 125 heavy (non-hydrogen) atoms. The van der Waals surface area contributed by atoms with Crippen molar-refractivity contribution in [1.29, 1.82) is 0 Å². The minimum atomic E-state index is 0.682. The number of nitrogens with zero attached hydrogens (tertiary/aromatic N) is 9. The predicted octanol–water partition coefficient (Wildman–Crippen LogP) is 29.8. The lowest BCUT2D eigenvalue weighted by Gasteiger charge is -2.15. The lowest BCUT2D eigenvalue weighted by molar-refractivity contribution is 0.775. The van der Waals surface area contributed by atoms with Crippen LogP contribution in [0.25, 0.3) is 227 Å². The van der Waals surface area contributed by atoms with Gasteiger partial charge in [0.1, 0.15) is 0 Å². The fraction of sp³-hybridized carbons (Fsp3) is 0. The molecular formula is C116H75N9. The van der Waals surface area contributed by atoms with E-state index >= 15 is 0 Å². The summed E-state index contributed by atoms with van der Waals surface area (Å²) in [5.41, 5.74) is 31.7. The Morgan fingerprint density at radius 2 is 0.432 bits per heavy atom. The highest BCUT2D eigenvalue weighted by atomic mass is 15.5. The second-order valence-corrected chi connectivity index (χ2v) is 32.0. The highest BCUT2D eigenvalue weighted by Crippen LogP contribution is 2.46. The monoisotopic (exact) mass is 1590 g/mol. The molecule has 0 aliphatic rings. The Kier molecular flexibility index (Phi) is 17.4. The molecule has 0 atom stereocenters. The summed E-state index contributed by atoms with van der Waals surface area (Å²) in [5.74, 6) is 1.39. The molecule has 0 aliphatic carbocycles. The first-order chi connectivity index (χ1) is 62.0. The number of aromatic nitrogens is 9. The van der Waals surface area contributed by atoms with Crippen LogP contribution in [0.4, 0.5) is 0 Å². The number of hydrogen-bond donors (Lipinski definition) is 0. The van der Waals surface area contributed by atoms with Crippen LogP contribution in [-0.4, -0.2) is 43.0 Å². The second kappa shape index (κ2) is 30.1. The van der Waals surface area contributed by atoms with E-state index in [0.29, 0.717) is 11.6 Å². The number of para-hydroxylation sites is 6. The Morgan fingerprint density at radius 1 is 0.144 bits per heavy atom. The smallest absolute Gasteiger partial charge is 0.160 e. The normalized spacial score (nSPS) is 11.7. The molecule has 25 aromatic rings. The van der Waals surface area contributed by atoms with Gasteiger partial charge in [0.15, 0.2) is 11.6 Å². The maximum atomic E-state index is 5.22. The third-order valence-electron chi connectivity index (χ3n) is 24.8. The molecule has 25 rings (SSSR count). The minimum absolute atomic E-state index is 0.682. The Bertz CT molecular complexity index is 8300. The zero-order valence-electron chi connectivity index (χ0n) is 67.8. The largest absolute Gasteiger partial charge is 0.309 e. The first-order valence-corrected chi connectivity index (χ1v) is 42.5. The summed E-state index contributed by atoms with van der Waals surface area (Å²) in [5, 5.41) is 12.2. The molecule has 0 fully saturated rings. The van der Waals surface area contributed by atoms with E-state index in [1.54, 1.807) is 0 Å². The van der Waals surface area contributed by atoms with Crippen LogP contribution in [0.1, 0.15) is 0 Å². The van der Waals surface area contributed by atoms with E-state index in [4.69, 9.17) is 19.9 Å². The van der Waals surface area contributed by atoms with Gasteiger partial charge in [0.2, 0.25) is 0 Å². The average Bonchev–Trinajstić information content (AvgIpc) is 1.55. The molecule has 9 nitrogen and oxygen atoms in total. The summed E-state index contributed by atoms with van der Waals surface area (Å²) in [6.07, 6.45) is 0. The van der Waals surface area contributed by atoms with Gasteiger partial charge >= 0.3 is 0 Å². The van der Waals surface area contributed by atoms with E-state index in [1.807, 2.05) is 36.4 Å². The number of fused-ring (bicyclic) bond motifs is 16. The summed E-state index contributed by atoms with van der Waals surface area (Å²) in [6, 6.07) is 162. The summed E-state index contributed by atoms with van der Waals surface area (Å²) < 4.78 is 12.1. The van der Waals surface area contributed by atoms with Crippen LogP contribution in [0.2, 0.25) is 0 Å². The van der Waals surface area contributed by atoms with Crippen LogP contribution < -0.4 is 0 Å². The molecule has 0 radical (unpaired) electrons. The fourth-order valence-electron chi connectivity index (χ4n) is 19.0. The van der Waals surface area contributed by atoms with Crippen molar-refractivity contribution in [1.82, 2.24) is 43.0 Å². The van der Waals surface area contributed by atoms with Crippen molar-refractivity contribution in [2.45, 2.75) is 0 Å². The number of rotatable bonds is 13. The average molecular weight is 1590 g/mol. The Morgan fingerprint density at radius 3 is 0.896 bits per heavy atom. The molecule has 0 N–H and O–H groups in total. The molecule has 584 valence electrons. The van der Waals surface area contributed by atoms with Gasteiger partial charge in [0.05, 0.1) is 77.9 Å². The maximum absolute atomic E-state index is 5.22. The standard InChI is InChI=1S/C64H42N4.C52H33N5/c1-5-17-43(18-6-1)46-29-31-48(32-30-46)58-42-57(47-23-11-4-12-24-47)65-64(66-58)49-33-35-52(36-34-49)67-60-28-16-14-26-56(60)62-61(67)38-37-55-54-25-13-15-27-59(54)68(63(55)62)53-40-50(44-19-7-2-8-20-44)39-51(41-53)45-21-9-3-10-22-45;1-3-15-34(16-4-1)44-33-45(54-52(53-44)36-17-5-2-6-18-36)35-27-29-37(30-28-35)55-46-23-11-7-21-40(46)42-32-51-43(31-50(42)55)41-22-10-14-26-49(41)57(51)56-47-24-12-8-19-38(47)39-20-9-13-25-48(39)56/h1-42H;1-33H. The Balaban J connectivity index is 0.000000142. The van der Waals surface area contributed by atoms with Gasteiger partial charge in [-0.25, -0.2) is 29.3 Å². The van der Waals surface area contributed by atoms with Crippen molar-refractivity contribution < 1.29 is 0 Å². The zero-order valence-corrected chi connectivity index (χ0v) is 67.8. The highest BCUT2D eigenvalue weighted by Gasteiger charge is 2.26.